The fourth-order valence-electron chi connectivity index (χ4n) is 6.10. The molecule has 1 heterocycles. The Balaban J connectivity index is 1.10. The number of piperidine rings is 1. The van der Waals surface area contributed by atoms with Crippen molar-refractivity contribution in [1.82, 2.24) is 9.62 Å². The summed E-state index contributed by atoms with van der Waals surface area (Å²) < 4.78 is 45.4. The molecule has 1 aliphatic heterocycles. The van der Waals surface area contributed by atoms with Crippen LogP contribution in [0.3, 0.4) is 0 Å². The number of sulfonamides is 1. The minimum atomic E-state index is -3.77. The quantitative estimate of drug-likeness (QED) is 0.398. The normalized spacial score (nSPS) is 19.9. The summed E-state index contributed by atoms with van der Waals surface area (Å²) in [5.74, 6) is -0.911. The van der Waals surface area contributed by atoms with Crippen LogP contribution in [0.5, 0.6) is 0 Å². The smallest absolute Gasteiger partial charge is 0.267 e. The first-order chi connectivity index (χ1) is 18.0. The molecule has 1 saturated heterocycles. The highest BCUT2D eigenvalue weighted by molar-refractivity contribution is 7.89. The SMILES string of the molecule is CS(=O)(=O)NC(=O)c1cc(C2CC2)c(COCC2CC3(CCN(Cc4cc(Cl)cc(Cl)c4)CC3)C2)cc1F. The second-order valence-corrected chi connectivity index (χ2v) is 14.0. The zero-order valence-corrected chi connectivity index (χ0v) is 23.8. The maximum absolute atomic E-state index is 14.7. The van der Waals surface area contributed by atoms with Crippen molar-refractivity contribution >= 4 is 39.1 Å². The highest BCUT2D eigenvalue weighted by atomic mass is 35.5. The predicted molar refractivity (Wildman–Crippen MR) is 146 cm³/mol. The minimum absolute atomic E-state index is 0.244. The molecule has 3 fully saturated rings. The topological polar surface area (TPSA) is 75.7 Å². The van der Waals surface area contributed by atoms with Crippen LogP contribution in [0, 0.1) is 17.2 Å². The standard InChI is InChI=1S/C28H33Cl2FN2O4S/c1-38(35,36)32-27(34)25-12-24(20-2-3-20)21(10-26(25)31)17-37-16-19-13-28(14-19)4-6-33(7-5-28)15-18-8-22(29)11-23(30)9-18/h8-12,19-20H,2-7,13-17H2,1H3,(H,32,34). The molecule has 0 aromatic heterocycles. The van der Waals surface area contributed by atoms with Crippen molar-refractivity contribution in [3.63, 3.8) is 0 Å². The minimum Gasteiger partial charge on any atom is -0.376 e. The number of amides is 1. The third-order valence-corrected chi connectivity index (χ3v) is 9.06. The Morgan fingerprint density at radius 1 is 1.11 bits per heavy atom. The molecule has 0 bridgehead atoms. The van der Waals surface area contributed by atoms with Crippen molar-refractivity contribution < 1.29 is 22.3 Å². The van der Waals surface area contributed by atoms with E-state index >= 15 is 0 Å². The van der Waals surface area contributed by atoms with Crippen molar-refractivity contribution in [3.8, 4) is 0 Å². The number of benzene rings is 2. The Hall–Kier alpha value is -1.71. The summed E-state index contributed by atoms with van der Waals surface area (Å²) in [6, 6.07) is 8.54. The van der Waals surface area contributed by atoms with Gasteiger partial charge in [0.15, 0.2) is 0 Å². The van der Waals surface area contributed by atoms with E-state index in [-0.39, 0.29) is 18.1 Å². The van der Waals surface area contributed by atoms with E-state index in [4.69, 9.17) is 27.9 Å². The van der Waals surface area contributed by atoms with E-state index in [0.29, 0.717) is 28.0 Å². The maximum atomic E-state index is 14.7. The van der Waals surface area contributed by atoms with Gasteiger partial charge in [0.05, 0.1) is 18.4 Å². The first kappa shape index (κ1) is 27.8. The molecule has 1 spiro atoms. The molecule has 5 rings (SSSR count). The van der Waals surface area contributed by atoms with Crippen molar-refractivity contribution in [1.29, 1.82) is 0 Å². The number of carbonyl (C=O) groups is 1. The van der Waals surface area contributed by atoms with Crippen LogP contribution in [0.25, 0.3) is 0 Å². The molecule has 1 amide bonds. The zero-order valence-electron chi connectivity index (χ0n) is 21.4. The summed E-state index contributed by atoms with van der Waals surface area (Å²) in [5, 5.41) is 1.34. The number of nitrogens with one attached hydrogen (secondary N) is 1. The number of nitrogens with zero attached hydrogens (tertiary/aromatic N) is 1. The van der Waals surface area contributed by atoms with Gasteiger partial charge in [-0.1, -0.05) is 23.2 Å². The molecule has 0 unspecified atom stereocenters. The highest BCUT2D eigenvalue weighted by Gasteiger charge is 2.45. The number of hydrogen-bond donors (Lipinski definition) is 1. The summed E-state index contributed by atoms with van der Waals surface area (Å²) in [6.45, 7) is 3.89. The third kappa shape index (κ3) is 6.89. The molecule has 2 saturated carbocycles. The number of halogens is 3. The molecule has 6 nitrogen and oxygen atoms in total. The van der Waals surface area contributed by atoms with Gasteiger partial charge in [0.1, 0.15) is 5.82 Å². The first-order valence-electron chi connectivity index (χ1n) is 13.1. The van der Waals surface area contributed by atoms with Gasteiger partial charge in [0.25, 0.3) is 5.91 Å². The molecule has 1 N–H and O–H groups in total. The lowest BCUT2D eigenvalue weighted by molar-refractivity contribution is -0.0540. The van der Waals surface area contributed by atoms with Gasteiger partial charge in [-0.15, -0.1) is 0 Å². The number of carbonyl (C=O) groups excluding carboxylic acids is 1. The molecule has 3 aliphatic rings. The van der Waals surface area contributed by atoms with Gasteiger partial charge in [-0.2, -0.15) is 0 Å². The Morgan fingerprint density at radius 2 is 1.76 bits per heavy atom. The van der Waals surface area contributed by atoms with Crippen LogP contribution in [0.4, 0.5) is 4.39 Å². The number of hydrogen-bond acceptors (Lipinski definition) is 5. The van der Waals surface area contributed by atoms with E-state index < -0.39 is 21.7 Å². The lowest BCUT2D eigenvalue weighted by Crippen LogP contribution is -2.47. The van der Waals surface area contributed by atoms with Crippen LogP contribution < -0.4 is 4.72 Å². The van der Waals surface area contributed by atoms with Gasteiger partial charge in [-0.3, -0.25) is 9.69 Å². The second-order valence-electron chi connectivity index (χ2n) is 11.4. The molecule has 2 aliphatic carbocycles. The van der Waals surface area contributed by atoms with E-state index in [1.54, 1.807) is 6.07 Å². The van der Waals surface area contributed by atoms with Crippen LogP contribution in [-0.2, 0) is 27.9 Å². The summed E-state index contributed by atoms with van der Waals surface area (Å²) in [7, 11) is -3.77. The predicted octanol–water partition coefficient (Wildman–Crippen LogP) is 5.91. The molecule has 10 heteroatoms. The molecule has 0 radical (unpaired) electrons. The second kappa shape index (κ2) is 11.0. The van der Waals surface area contributed by atoms with E-state index in [1.807, 2.05) is 16.9 Å². The molecule has 2 aromatic carbocycles. The summed E-state index contributed by atoms with van der Waals surface area (Å²) >= 11 is 12.3. The molecular formula is C28H33Cl2FN2O4S. The van der Waals surface area contributed by atoms with Crippen molar-refractivity contribution in [2.24, 2.45) is 11.3 Å². The van der Waals surface area contributed by atoms with E-state index in [9.17, 15) is 17.6 Å². The Morgan fingerprint density at radius 3 is 2.37 bits per heavy atom. The lowest BCUT2D eigenvalue weighted by Gasteiger charge is -2.52. The van der Waals surface area contributed by atoms with Crippen LogP contribution in [0.2, 0.25) is 10.0 Å². The number of likely N-dealkylation sites (tertiary alicyclic amines) is 1. The van der Waals surface area contributed by atoms with Crippen LogP contribution in [-0.4, -0.2) is 45.2 Å². The average molecular weight is 584 g/mol. The van der Waals surface area contributed by atoms with E-state index in [2.05, 4.69) is 4.90 Å². The van der Waals surface area contributed by atoms with Gasteiger partial charge in [0.2, 0.25) is 10.0 Å². The van der Waals surface area contributed by atoms with Gasteiger partial charge < -0.3 is 4.74 Å². The lowest BCUT2D eigenvalue weighted by atomic mass is 9.58. The first-order valence-corrected chi connectivity index (χ1v) is 15.7. The van der Waals surface area contributed by atoms with Crippen molar-refractivity contribution in [2.75, 3.05) is 26.0 Å². The van der Waals surface area contributed by atoms with Crippen LogP contribution in [0.1, 0.15) is 71.5 Å². The Kier molecular flexibility index (Phi) is 8.09. The third-order valence-electron chi connectivity index (χ3n) is 8.07. The summed E-state index contributed by atoms with van der Waals surface area (Å²) in [5.41, 5.74) is 2.92. The number of ether oxygens (including phenoxy) is 1. The van der Waals surface area contributed by atoms with Gasteiger partial charge in [-0.05, 0) is 116 Å². The molecule has 38 heavy (non-hydrogen) atoms. The van der Waals surface area contributed by atoms with Crippen molar-refractivity contribution in [2.45, 2.75) is 57.6 Å². The molecule has 0 atom stereocenters. The zero-order chi connectivity index (χ0) is 27.1. The fourth-order valence-corrected chi connectivity index (χ4v) is 7.12. The van der Waals surface area contributed by atoms with E-state index in [0.717, 1.165) is 68.3 Å². The van der Waals surface area contributed by atoms with Crippen LogP contribution in [0.15, 0.2) is 30.3 Å². The van der Waals surface area contributed by atoms with Gasteiger partial charge in [-0.25, -0.2) is 17.5 Å². The summed E-state index contributed by atoms with van der Waals surface area (Å²) in [6.07, 6.45) is 7.46. The molecule has 206 valence electrons. The summed E-state index contributed by atoms with van der Waals surface area (Å²) in [4.78, 5) is 14.7. The largest absolute Gasteiger partial charge is 0.376 e. The van der Waals surface area contributed by atoms with Crippen molar-refractivity contribution in [3.05, 3.63) is 68.4 Å². The van der Waals surface area contributed by atoms with E-state index in [1.165, 1.54) is 25.0 Å². The monoisotopic (exact) mass is 582 g/mol. The van der Waals surface area contributed by atoms with Crippen LogP contribution >= 0.6 is 23.2 Å². The number of rotatable bonds is 9. The Labute approximate surface area is 233 Å². The van der Waals surface area contributed by atoms with Gasteiger partial charge in [0, 0.05) is 23.2 Å². The van der Waals surface area contributed by atoms with Gasteiger partial charge >= 0.3 is 0 Å². The maximum Gasteiger partial charge on any atom is 0.267 e. The molecular weight excluding hydrogens is 550 g/mol. The highest BCUT2D eigenvalue weighted by Crippen LogP contribution is 2.53. The average Bonchev–Trinajstić information content (AvgIpc) is 3.62. The fraction of sp³-hybridized carbons (Fsp3) is 0.536. The molecule has 2 aromatic rings. The Bertz CT molecular complexity index is 1300.